The maximum absolute atomic E-state index is 12.6. The summed E-state index contributed by atoms with van der Waals surface area (Å²) in [5, 5.41) is 12.0. The standard InChI is InChI=1S/C18H16Cl2F2N2O3/c19-13-8-24(26)9-14(20)16(13)23-17(25)12-5-6-15(27-18(21)22)11(7-12)4-3-10-1-2-10/h5-10,18,26H,1-4H2/p+1. The first-order valence-corrected chi connectivity index (χ1v) is 9.07. The van der Waals surface area contributed by atoms with Crippen molar-refractivity contribution in [3.8, 4) is 5.75 Å². The molecule has 1 aliphatic carbocycles. The van der Waals surface area contributed by atoms with E-state index >= 15 is 0 Å². The molecule has 0 radical (unpaired) electrons. The topological polar surface area (TPSA) is 62.4 Å². The normalized spacial score (nSPS) is 13.7. The predicted octanol–water partition coefficient (Wildman–Crippen LogP) is 4.71. The lowest BCUT2D eigenvalue weighted by molar-refractivity contribution is -0.904. The number of carbonyl (C=O) groups is 1. The van der Waals surface area contributed by atoms with Gasteiger partial charge in [0.1, 0.15) is 15.8 Å². The molecule has 1 aromatic heterocycles. The fourth-order valence-electron chi connectivity index (χ4n) is 2.71. The Morgan fingerprint density at radius 3 is 2.56 bits per heavy atom. The van der Waals surface area contributed by atoms with Crippen LogP contribution in [0.1, 0.15) is 35.2 Å². The monoisotopic (exact) mass is 417 g/mol. The van der Waals surface area contributed by atoms with Crippen molar-refractivity contribution in [2.75, 3.05) is 5.32 Å². The number of nitrogens with zero attached hydrogens (tertiary/aromatic N) is 1. The number of alkyl halides is 2. The van der Waals surface area contributed by atoms with Gasteiger partial charge in [0.15, 0.2) is 0 Å². The van der Waals surface area contributed by atoms with E-state index < -0.39 is 12.5 Å². The Kier molecular flexibility index (Phi) is 6.01. The molecule has 3 rings (SSSR count). The van der Waals surface area contributed by atoms with Crippen molar-refractivity contribution < 1.29 is 28.2 Å². The molecule has 1 amide bonds. The van der Waals surface area contributed by atoms with Crippen LogP contribution in [0.4, 0.5) is 14.5 Å². The molecule has 0 spiro atoms. The number of rotatable bonds is 7. The van der Waals surface area contributed by atoms with Crippen LogP contribution in [0.3, 0.4) is 0 Å². The average Bonchev–Trinajstić information content (AvgIpc) is 3.40. The number of pyridine rings is 1. The Labute approximate surface area is 164 Å². The molecule has 27 heavy (non-hydrogen) atoms. The number of aryl methyl sites for hydroxylation is 1. The van der Waals surface area contributed by atoms with Crippen LogP contribution in [-0.2, 0) is 6.42 Å². The van der Waals surface area contributed by atoms with Gasteiger partial charge in [0.25, 0.3) is 5.91 Å². The number of hydrogen-bond acceptors (Lipinski definition) is 3. The fraction of sp³-hybridized carbons (Fsp3) is 0.333. The molecule has 0 bridgehead atoms. The molecule has 5 nitrogen and oxygen atoms in total. The first-order chi connectivity index (χ1) is 12.8. The number of hydrogen-bond donors (Lipinski definition) is 2. The van der Waals surface area contributed by atoms with Gasteiger partial charge < -0.3 is 10.1 Å². The van der Waals surface area contributed by atoms with Gasteiger partial charge in [0, 0.05) is 10.3 Å². The summed E-state index contributed by atoms with van der Waals surface area (Å²) in [6, 6.07) is 4.29. The van der Waals surface area contributed by atoms with E-state index in [2.05, 4.69) is 10.1 Å². The fourth-order valence-corrected chi connectivity index (χ4v) is 3.26. The second-order valence-corrected chi connectivity index (χ2v) is 7.16. The Balaban J connectivity index is 1.82. The van der Waals surface area contributed by atoms with Crippen LogP contribution in [0.2, 0.25) is 10.0 Å². The van der Waals surface area contributed by atoms with Gasteiger partial charge in [-0.1, -0.05) is 36.0 Å². The molecule has 144 valence electrons. The molecule has 1 heterocycles. The van der Waals surface area contributed by atoms with Crippen molar-refractivity contribution in [3.05, 3.63) is 51.8 Å². The van der Waals surface area contributed by atoms with Crippen LogP contribution in [0.15, 0.2) is 30.6 Å². The number of ether oxygens (including phenoxy) is 1. The Morgan fingerprint density at radius 2 is 1.96 bits per heavy atom. The van der Waals surface area contributed by atoms with Crippen molar-refractivity contribution in [3.63, 3.8) is 0 Å². The van der Waals surface area contributed by atoms with Crippen LogP contribution in [0.5, 0.6) is 5.75 Å². The Hall–Kier alpha value is -2.12. The highest BCUT2D eigenvalue weighted by atomic mass is 35.5. The number of halogens is 4. The number of nitrogens with one attached hydrogen (secondary N) is 1. The third kappa shape index (κ3) is 5.20. The molecule has 1 fully saturated rings. The summed E-state index contributed by atoms with van der Waals surface area (Å²) in [7, 11) is 0. The number of anilines is 1. The maximum atomic E-state index is 12.6. The van der Waals surface area contributed by atoms with Crippen LogP contribution < -0.4 is 14.8 Å². The molecule has 1 saturated carbocycles. The van der Waals surface area contributed by atoms with Crippen molar-refractivity contribution in [2.24, 2.45) is 5.92 Å². The van der Waals surface area contributed by atoms with Crippen LogP contribution in [0, 0.1) is 5.92 Å². The van der Waals surface area contributed by atoms with E-state index in [1.165, 1.54) is 30.6 Å². The summed E-state index contributed by atoms with van der Waals surface area (Å²) in [5.74, 6) is 0.166. The minimum atomic E-state index is -2.93. The maximum Gasteiger partial charge on any atom is 0.387 e. The zero-order chi connectivity index (χ0) is 19.6. The zero-order valence-corrected chi connectivity index (χ0v) is 15.6. The van der Waals surface area contributed by atoms with Crippen LogP contribution in [0.25, 0.3) is 0 Å². The zero-order valence-electron chi connectivity index (χ0n) is 14.1. The van der Waals surface area contributed by atoms with E-state index in [1.54, 1.807) is 0 Å². The molecule has 0 unspecified atom stereocenters. The quantitative estimate of drug-likeness (QED) is 0.506. The van der Waals surface area contributed by atoms with E-state index in [0.29, 0.717) is 22.6 Å². The summed E-state index contributed by atoms with van der Waals surface area (Å²) in [6.45, 7) is -2.93. The van der Waals surface area contributed by atoms with Gasteiger partial charge >= 0.3 is 6.61 Å². The number of carbonyl (C=O) groups excluding carboxylic acids is 1. The van der Waals surface area contributed by atoms with Gasteiger partial charge in [-0.3, -0.25) is 10.0 Å². The molecule has 2 aromatic rings. The molecule has 1 aromatic carbocycles. The SMILES string of the molecule is O=C(Nc1c(Cl)c[n+](O)cc1Cl)c1ccc(OC(F)F)c(CCC2CC2)c1. The molecule has 0 saturated heterocycles. The Morgan fingerprint density at radius 1 is 1.30 bits per heavy atom. The molecular formula is C18H17Cl2F2N2O3+. The largest absolute Gasteiger partial charge is 0.435 e. The summed E-state index contributed by atoms with van der Waals surface area (Å²) in [4.78, 5) is 12.6. The third-order valence-corrected chi connectivity index (χ3v) is 4.84. The van der Waals surface area contributed by atoms with Crippen molar-refractivity contribution in [1.29, 1.82) is 0 Å². The van der Waals surface area contributed by atoms with Gasteiger partial charge in [0.2, 0.25) is 12.4 Å². The highest BCUT2D eigenvalue weighted by Crippen LogP contribution is 2.35. The number of aromatic nitrogens is 1. The van der Waals surface area contributed by atoms with Crippen LogP contribution >= 0.6 is 23.2 Å². The molecular weight excluding hydrogens is 401 g/mol. The van der Waals surface area contributed by atoms with Crippen molar-refractivity contribution >= 4 is 34.8 Å². The summed E-state index contributed by atoms with van der Waals surface area (Å²) in [5.41, 5.74) is 0.949. The van der Waals surface area contributed by atoms with Gasteiger partial charge in [-0.25, -0.2) is 0 Å². The van der Waals surface area contributed by atoms with Gasteiger partial charge in [-0.05, 0) is 42.5 Å². The second kappa shape index (κ2) is 8.27. The van der Waals surface area contributed by atoms with E-state index in [1.807, 2.05) is 0 Å². The van der Waals surface area contributed by atoms with E-state index in [9.17, 15) is 18.8 Å². The molecule has 0 aliphatic heterocycles. The van der Waals surface area contributed by atoms with E-state index in [4.69, 9.17) is 23.2 Å². The first-order valence-electron chi connectivity index (χ1n) is 8.32. The third-order valence-electron chi connectivity index (χ3n) is 4.26. The molecule has 0 atom stereocenters. The van der Waals surface area contributed by atoms with Crippen molar-refractivity contribution in [2.45, 2.75) is 32.3 Å². The average molecular weight is 418 g/mol. The number of amides is 1. The van der Waals surface area contributed by atoms with Gasteiger partial charge in [-0.15, -0.1) is 0 Å². The lowest BCUT2D eigenvalue weighted by atomic mass is 10.0. The summed E-state index contributed by atoms with van der Waals surface area (Å²) in [6.07, 6.45) is 6.03. The minimum Gasteiger partial charge on any atom is -0.435 e. The minimum absolute atomic E-state index is 0.0463. The lowest BCUT2D eigenvalue weighted by Gasteiger charge is -2.13. The smallest absolute Gasteiger partial charge is 0.387 e. The van der Waals surface area contributed by atoms with Gasteiger partial charge in [-0.2, -0.15) is 8.78 Å². The summed E-state index contributed by atoms with van der Waals surface area (Å²) < 4.78 is 30.5. The van der Waals surface area contributed by atoms with Gasteiger partial charge in [0.05, 0.1) is 5.69 Å². The number of benzene rings is 1. The molecule has 1 aliphatic rings. The van der Waals surface area contributed by atoms with E-state index in [0.717, 1.165) is 19.3 Å². The lowest BCUT2D eigenvalue weighted by Crippen LogP contribution is -2.29. The van der Waals surface area contributed by atoms with E-state index in [-0.39, 0.29) is 27.0 Å². The van der Waals surface area contributed by atoms with Crippen molar-refractivity contribution in [1.82, 2.24) is 0 Å². The van der Waals surface area contributed by atoms with Crippen LogP contribution in [-0.4, -0.2) is 17.7 Å². The molecule has 2 N–H and O–H groups in total. The highest BCUT2D eigenvalue weighted by Gasteiger charge is 2.23. The molecule has 9 heteroatoms. The second-order valence-electron chi connectivity index (χ2n) is 6.35. The highest BCUT2D eigenvalue weighted by molar-refractivity contribution is 6.39. The first kappa shape index (κ1) is 19.6. The predicted molar refractivity (Wildman–Crippen MR) is 95.9 cm³/mol. The summed E-state index contributed by atoms with van der Waals surface area (Å²) >= 11 is 12.0. The Bertz CT molecular complexity index is 837.